The quantitative estimate of drug-likeness (QED) is 0.543. The van der Waals surface area contributed by atoms with Crippen molar-refractivity contribution < 1.29 is 9.90 Å². The highest BCUT2D eigenvalue weighted by Gasteiger charge is 2.11. The number of nitrogens with zero attached hydrogens (tertiary/aromatic N) is 1. The van der Waals surface area contributed by atoms with Gasteiger partial charge >= 0.3 is 0 Å². The first-order valence-electron chi connectivity index (χ1n) is 8.37. The molecule has 2 aromatic heterocycles. The minimum atomic E-state index is -0.0419. The average molecular weight is 362 g/mol. The van der Waals surface area contributed by atoms with Crippen molar-refractivity contribution in [2.24, 2.45) is 0 Å². The molecule has 0 bridgehead atoms. The van der Waals surface area contributed by atoms with Gasteiger partial charge in [0.25, 0.3) is 0 Å². The summed E-state index contributed by atoms with van der Waals surface area (Å²) >= 11 is 1.57. The van der Waals surface area contributed by atoms with Crippen LogP contribution in [0.15, 0.2) is 72.2 Å². The van der Waals surface area contributed by atoms with Crippen molar-refractivity contribution in [3.05, 3.63) is 82.7 Å². The Morgan fingerprint density at radius 3 is 2.69 bits per heavy atom. The standard InChI is InChI=1S/C21H18N2O2S/c24-20(12-18-7-4-10-26-18)22-17-8-9-19-16(11-17)14-23(21(19)25)13-15-5-2-1-3-6-15/h1-11,14,25H,12-13H2,(H,22,24). The first kappa shape index (κ1) is 16.4. The largest absolute Gasteiger partial charge is 0.494 e. The second kappa shape index (κ2) is 7.06. The number of rotatable bonds is 5. The molecule has 1 amide bonds. The van der Waals surface area contributed by atoms with E-state index in [1.807, 2.05) is 76.8 Å². The summed E-state index contributed by atoms with van der Waals surface area (Å²) in [6.07, 6.45) is 2.28. The Labute approximate surface area is 155 Å². The summed E-state index contributed by atoms with van der Waals surface area (Å²) < 4.78 is 1.82. The predicted octanol–water partition coefficient (Wildman–Crippen LogP) is 4.64. The third kappa shape index (κ3) is 3.48. The highest BCUT2D eigenvalue weighted by Crippen LogP contribution is 2.30. The lowest BCUT2D eigenvalue weighted by molar-refractivity contribution is -0.115. The van der Waals surface area contributed by atoms with Gasteiger partial charge in [-0.15, -0.1) is 11.3 Å². The summed E-state index contributed by atoms with van der Waals surface area (Å²) in [5.74, 6) is 0.194. The molecule has 2 aromatic carbocycles. The van der Waals surface area contributed by atoms with E-state index in [9.17, 15) is 9.90 Å². The average Bonchev–Trinajstić information content (AvgIpc) is 3.24. The monoisotopic (exact) mass is 362 g/mol. The van der Waals surface area contributed by atoms with Crippen LogP contribution < -0.4 is 5.32 Å². The van der Waals surface area contributed by atoms with Crippen LogP contribution >= 0.6 is 11.3 Å². The van der Waals surface area contributed by atoms with E-state index in [-0.39, 0.29) is 11.8 Å². The van der Waals surface area contributed by atoms with E-state index in [4.69, 9.17) is 0 Å². The molecule has 0 atom stereocenters. The number of benzene rings is 2. The van der Waals surface area contributed by atoms with Crippen molar-refractivity contribution in [2.75, 3.05) is 5.32 Å². The zero-order valence-corrected chi connectivity index (χ0v) is 14.9. The van der Waals surface area contributed by atoms with E-state index in [0.29, 0.717) is 13.0 Å². The van der Waals surface area contributed by atoms with Gasteiger partial charge in [-0.2, -0.15) is 0 Å². The minimum absolute atomic E-state index is 0.0419. The summed E-state index contributed by atoms with van der Waals surface area (Å²) in [6.45, 7) is 0.599. The van der Waals surface area contributed by atoms with Gasteiger partial charge in [-0.3, -0.25) is 4.79 Å². The molecule has 0 saturated heterocycles. The van der Waals surface area contributed by atoms with Gasteiger partial charge < -0.3 is 15.0 Å². The molecule has 0 radical (unpaired) electrons. The molecule has 0 aliphatic carbocycles. The van der Waals surface area contributed by atoms with E-state index in [1.54, 1.807) is 11.3 Å². The van der Waals surface area contributed by atoms with Crippen molar-refractivity contribution in [3.8, 4) is 5.88 Å². The number of aromatic nitrogens is 1. The van der Waals surface area contributed by atoms with Gasteiger partial charge in [0.05, 0.1) is 13.0 Å². The fourth-order valence-corrected chi connectivity index (χ4v) is 3.72. The maximum absolute atomic E-state index is 12.2. The normalized spacial score (nSPS) is 10.9. The van der Waals surface area contributed by atoms with E-state index in [2.05, 4.69) is 5.32 Å². The number of carbonyl (C=O) groups excluding carboxylic acids is 1. The van der Waals surface area contributed by atoms with Crippen LogP contribution in [0, 0.1) is 0 Å². The van der Waals surface area contributed by atoms with Gasteiger partial charge in [-0.25, -0.2) is 0 Å². The third-order valence-corrected chi connectivity index (χ3v) is 5.13. The molecular formula is C21H18N2O2S. The summed E-state index contributed by atoms with van der Waals surface area (Å²) in [5, 5.41) is 17.0. The maximum Gasteiger partial charge on any atom is 0.229 e. The Hall–Kier alpha value is -3.05. The number of amides is 1. The van der Waals surface area contributed by atoms with Crippen molar-refractivity contribution in [3.63, 3.8) is 0 Å². The van der Waals surface area contributed by atoms with Crippen LogP contribution in [0.4, 0.5) is 5.69 Å². The minimum Gasteiger partial charge on any atom is -0.494 e. The highest BCUT2D eigenvalue weighted by atomic mass is 32.1. The van der Waals surface area contributed by atoms with Crippen molar-refractivity contribution in [2.45, 2.75) is 13.0 Å². The van der Waals surface area contributed by atoms with Gasteiger partial charge in [0.2, 0.25) is 5.91 Å². The first-order valence-corrected chi connectivity index (χ1v) is 9.25. The molecule has 26 heavy (non-hydrogen) atoms. The van der Waals surface area contributed by atoms with E-state index >= 15 is 0 Å². The number of aromatic hydroxyl groups is 1. The van der Waals surface area contributed by atoms with Crippen LogP contribution in [0.5, 0.6) is 5.88 Å². The molecule has 130 valence electrons. The Morgan fingerprint density at radius 2 is 1.92 bits per heavy atom. The molecule has 0 spiro atoms. The molecule has 0 saturated carbocycles. The lowest BCUT2D eigenvalue weighted by Crippen LogP contribution is -2.13. The van der Waals surface area contributed by atoms with Crippen LogP contribution in [0.1, 0.15) is 10.4 Å². The van der Waals surface area contributed by atoms with E-state index < -0.39 is 0 Å². The van der Waals surface area contributed by atoms with E-state index in [0.717, 1.165) is 26.9 Å². The fourth-order valence-electron chi connectivity index (χ4n) is 3.01. The van der Waals surface area contributed by atoms with Gasteiger partial charge in [0.15, 0.2) is 5.88 Å². The molecule has 4 nitrogen and oxygen atoms in total. The Kier molecular flexibility index (Phi) is 4.46. The molecule has 4 aromatic rings. The highest BCUT2D eigenvalue weighted by molar-refractivity contribution is 7.10. The zero-order chi connectivity index (χ0) is 17.9. The second-order valence-corrected chi connectivity index (χ2v) is 7.20. The van der Waals surface area contributed by atoms with Gasteiger partial charge in [-0.1, -0.05) is 36.4 Å². The smallest absolute Gasteiger partial charge is 0.229 e. The Morgan fingerprint density at radius 1 is 1.08 bits per heavy atom. The lowest BCUT2D eigenvalue weighted by Gasteiger charge is -2.05. The zero-order valence-electron chi connectivity index (χ0n) is 14.1. The number of hydrogen-bond donors (Lipinski definition) is 2. The number of hydrogen-bond acceptors (Lipinski definition) is 3. The van der Waals surface area contributed by atoms with Crippen molar-refractivity contribution >= 4 is 33.7 Å². The Balaban J connectivity index is 1.54. The number of nitrogens with one attached hydrogen (secondary N) is 1. The van der Waals surface area contributed by atoms with Crippen LogP contribution in [-0.4, -0.2) is 15.6 Å². The second-order valence-electron chi connectivity index (χ2n) is 6.17. The molecule has 2 heterocycles. The molecule has 2 N–H and O–H groups in total. The predicted molar refractivity (Wildman–Crippen MR) is 106 cm³/mol. The molecule has 0 aliphatic heterocycles. The topological polar surface area (TPSA) is 54.3 Å². The Bertz CT molecular complexity index is 1040. The van der Waals surface area contributed by atoms with Crippen molar-refractivity contribution in [1.82, 2.24) is 4.57 Å². The molecule has 0 fully saturated rings. The molecule has 4 rings (SSSR count). The lowest BCUT2D eigenvalue weighted by atomic mass is 10.2. The third-order valence-electron chi connectivity index (χ3n) is 4.25. The van der Waals surface area contributed by atoms with Crippen LogP contribution in [0.25, 0.3) is 10.8 Å². The van der Waals surface area contributed by atoms with Crippen molar-refractivity contribution in [1.29, 1.82) is 0 Å². The SMILES string of the molecule is O=C(Cc1cccs1)Nc1ccc2c(O)n(Cc3ccccc3)cc2c1. The van der Waals surface area contributed by atoms with Crippen LogP contribution in [0.3, 0.4) is 0 Å². The first-order chi connectivity index (χ1) is 12.7. The molecular weight excluding hydrogens is 344 g/mol. The number of fused-ring (bicyclic) bond motifs is 1. The number of thiophene rings is 1. The van der Waals surface area contributed by atoms with E-state index in [1.165, 1.54) is 0 Å². The summed E-state index contributed by atoms with van der Waals surface area (Å²) in [6, 6.07) is 19.4. The summed E-state index contributed by atoms with van der Waals surface area (Å²) in [7, 11) is 0. The fraction of sp³-hybridized carbons (Fsp3) is 0.0952. The number of carbonyl (C=O) groups is 1. The molecule has 5 heteroatoms. The van der Waals surface area contributed by atoms with Crippen LogP contribution in [-0.2, 0) is 17.8 Å². The van der Waals surface area contributed by atoms with Gasteiger partial charge in [0, 0.05) is 27.5 Å². The maximum atomic E-state index is 12.2. The summed E-state index contributed by atoms with van der Waals surface area (Å²) in [4.78, 5) is 13.2. The molecule has 0 aliphatic rings. The van der Waals surface area contributed by atoms with Gasteiger partial charge in [0.1, 0.15) is 0 Å². The molecule has 0 unspecified atom stereocenters. The summed E-state index contributed by atoms with van der Waals surface area (Å²) in [5.41, 5.74) is 1.85. The number of anilines is 1. The van der Waals surface area contributed by atoms with Crippen LogP contribution in [0.2, 0.25) is 0 Å². The van der Waals surface area contributed by atoms with Gasteiger partial charge in [-0.05, 0) is 35.2 Å².